The van der Waals surface area contributed by atoms with Crippen molar-refractivity contribution in [1.29, 1.82) is 0 Å². The Hall–Kier alpha value is -1.35. The van der Waals surface area contributed by atoms with E-state index < -0.39 is 0 Å². The lowest BCUT2D eigenvalue weighted by Gasteiger charge is -2.30. The van der Waals surface area contributed by atoms with Crippen molar-refractivity contribution in [3.63, 3.8) is 0 Å². The van der Waals surface area contributed by atoms with Crippen molar-refractivity contribution in [3.05, 3.63) is 35.9 Å². The van der Waals surface area contributed by atoms with Crippen LogP contribution in [0.4, 0.5) is 0 Å². The van der Waals surface area contributed by atoms with Crippen molar-refractivity contribution in [3.8, 4) is 0 Å². The average molecular weight is 289 g/mol. The predicted octanol–water partition coefficient (Wildman–Crippen LogP) is 3.77. The molecule has 3 nitrogen and oxygen atoms in total. The van der Waals surface area contributed by atoms with Gasteiger partial charge in [0.2, 0.25) is 0 Å². The van der Waals surface area contributed by atoms with Crippen molar-refractivity contribution in [1.82, 2.24) is 4.90 Å². The van der Waals surface area contributed by atoms with Crippen LogP contribution in [-0.4, -0.2) is 30.1 Å². The molecule has 21 heavy (non-hydrogen) atoms. The molecule has 0 heterocycles. The second kappa shape index (κ2) is 8.83. The molecule has 1 aromatic rings. The van der Waals surface area contributed by atoms with Crippen molar-refractivity contribution >= 4 is 5.97 Å². The van der Waals surface area contributed by atoms with Gasteiger partial charge in [0.1, 0.15) is 0 Å². The lowest BCUT2D eigenvalue weighted by molar-refractivity contribution is -0.145. The second-order valence-corrected chi connectivity index (χ2v) is 5.84. The van der Waals surface area contributed by atoms with Gasteiger partial charge in [0.05, 0.1) is 13.2 Å². The summed E-state index contributed by atoms with van der Waals surface area (Å²) >= 11 is 0. The first-order valence-corrected chi connectivity index (χ1v) is 8.23. The predicted molar refractivity (Wildman–Crippen MR) is 85.0 cm³/mol. The monoisotopic (exact) mass is 289 g/mol. The summed E-state index contributed by atoms with van der Waals surface area (Å²) in [6, 6.07) is 10.9. The number of rotatable bonds is 6. The van der Waals surface area contributed by atoms with Crippen LogP contribution in [0.1, 0.15) is 51.0 Å². The maximum atomic E-state index is 11.9. The van der Waals surface area contributed by atoms with E-state index in [9.17, 15) is 4.79 Å². The Bertz CT molecular complexity index is 410. The van der Waals surface area contributed by atoms with Gasteiger partial charge in [-0.15, -0.1) is 0 Å². The number of ether oxygens (including phenoxy) is 1. The molecule has 1 saturated carbocycles. The molecule has 0 saturated heterocycles. The van der Waals surface area contributed by atoms with Gasteiger partial charge in [0.25, 0.3) is 0 Å². The largest absolute Gasteiger partial charge is 0.465 e. The number of benzene rings is 1. The maximum Gasteiger partial charge on any atom is 0.320 e. The average Bonchev–Trinajstić information content (AvgIpc) is 2.77. The highest BCUT2D eigenvalue weighted by Crippen LogP contribution is 2.23. The third-order valence-electron chi connectivity index (χ3n) is 4.21. The van der Waals surface area contributed by atoms with Crippen LogP contribution in [0.15, 0.2) is 30.3 Å². The van der Waals surface area contributed by atoms with E-state index in [-0.39, 0.29) is 5.97 Å². The third kappa shape index (κ3) is 5.50. The minimum absolute atomic E-state index is 0.0994. The number of nitrogens with zero attached hydrogens (tertiary/aromatic N) is 1. The van der Waals surface area contributed by atoms with Crippen molar-refractivity contribution in [2.75, 3.05) is 13.2 Å². The van der Waals surface area contributed by atoms with Crippen LogP contribution in [-0.2, 0) is 16.1 Å². The Morgan fingerprint density at radius 2 is 1.81 bits per heavy atom. The molecule has 1 fully saturated rings. The molecular weight excluding hydrogens is 262 g/mol. The zero-order chi connectivity index (χ0) is 14.9. The first kappa shape index (κ1) is 16.0. The lowest BCUT2D eigenvalue weighted by Crippen LogP contribution is -2.39. The lowest BCUT2D eigenvalue weighted by atomic mass is 10.1. The molecule has 0 atom stereocenters. The van der Waals surface area contributed by atoms with Crippen molar-refractivity contribution in [2.45, 2.75) is 58.0 Å². The van der Waals surface area contributed by atoms with E-state index in [1.165, 1.54) is 44.1 Å². The van der Waals surface area contributed by atoms with E-state index in [4.69, 9.17) is 4.74 Å². The zero-order valence-corrected chi connectivity index (χ0v) is 13.1. The van der Waals surface area contributed by atoms with Crippen molar-refractivity contribution in [2.24, 2.45) is 0 Å². The summed E-state index contributed by atoms with van der Waals surface area (Å²) in [6.45, 7) is 3.57. The molecule has 116 valence electrons. The summed E-state index contributed by atoms with van der Waals surface area (Å²) in [6.07, 6.45) is 7.61. The minimum atomic E-state index is -0.0994. The minimum Gasteiger partial charge on any atom is -0.465 e. The summed E-state index contributed by atoms with van der Waals surface area (Å²) in [4.78, 5) is 14.2. The van der Waals surface area contributed by atoms with Crippen LogP contribution < -0.4 is 0 Å². The van der Waals surface area contributed by atoms with Gasteiger partial charge in [-0.1, -0.05) is 56.0 Å². The highest BCUT2D eigenvalue weighted by atomic mass is 16.5. The normalized spacial score (nSPS) is 16.7. The maximum absolute atomic E-state index is 11.9. The van der Waals surface area contributed by atoms with E-state index in [0.29, 0.717) is 19.2 Å². The van der Waals surface area contributed by atoms with Gasteiger partial charge in [0, 0.05) is 12.6 Å². The van der Waals surface area contributed by atoms with Gasteiger partial charge < -0.3 is 4.74 Å². The number of carbonyl (C=O) groups is 1. The fourth-order valence-electron chi connectivity index (χ4n) is 3.13. The molecule has 0 aromatic heterocycles. The highest BCUT2D eigenvalue weighted by molar-refractivity contribution is 5.71. The van der Waals surface area contributed by atoms with Crippen LogP contribution in [0.2, 0.25) is 0 Å². The zero-order valence-electron chi connectivity index (χ0n) is 13.1. The number of carbonyl (C=O) groups excluding carboxylic acids is 1. The van der Waals surface area contributed by atoms with Gasteiger partial charge >= 0.3 is 5.97 Å². The van der Waals surface area contributed by atoms with E-state index in [2.05, 4.69) is 29.2 Å². The smallest absolute Gasteiger partial charge is 0.320 e. The number of hydrogen-bond acceptors (Lipinski definition) is 3. The summed E-state index contributed by atoms with van der Waals surface area (Å²) in [5.74, 6) is -0.0994. The van der Waals surface area contributed by atoms with Gasteiger partial charge in [-0.05, 0) is 25.3 Å². The molecule has 1 aliphatic carbocycles. The Morgan fingerprint density at radius 3 is 2.43 bits per heavy atom. The molecule has 0 unspecified atom stereocenters. The second-order valence-electron chi connectivity index (χ2n) is 5.84. The Balaban J connectivity index is 2.03. The quantitative estimate of drug-likeness (QED) is 0.589. The molecule has 0 spiro atoms. The van der Waals surface area contributed by atoms with Crippen LogP contribution in [0, 0.1) is 0 Å². The fourth-order valence-corrected chi connectivity index (χ4v) is 3.13. The van der Waals surface area contributed by atoms with E-state index in [0.717, 1.165) is 6.54 Å². The first-order valence-electron chi connectivity index (χ1n) is 8.23. The topological polar surface area (TPSA) is 29.5 Å². The highest BCUT2D eigenvalue weighted by Gasteiger charge is 2.22. The molecule has 2 rings (SSSR count). The fraction of sp³-hybridized carbons (Fsp3) is 0.611. The first-order chi connectivity index (χ1) is 10.3. The summed E-state index contributed by atoms with van der Waals surface area (Å²) in [5.41, 5.74) is 1.27. The SMILES string of the molecule is CCOC(=O)CN(Cc1ccccc1)C1CCCCCC1. The Kier molecular flexibility index (Phi) is 6.74. The van der Waals surface area contributed by atoms with Gasteiger partial charge in [-0.2, -0.15) is 0 Å². The van der Waals surface area contributed by atoms with E-state index in [1.54, 1.807) is 0 Å². The van der Waals surface area contributed by atoms with Crippen molar-refractivity contribution < 1.29 is 9.53 Å². The summed E-state index contributed by atoms with van der Waals surface area (Å²) in [5, 5.41) is 0. The van der Waals surface area contributed by atoms with E-state index >= 15 is 0 Å². The molecule has 0 aliphatic heterocycles. The Morgan fingerprint density at radius 1 is 1.14 bits per heavy atom. The molecule has 1 aliphatic rings. The summed E-state index contributed by atoms with van der Waals surface area (Å²) in [7, 11) is 0. The van der Waals surface area contributed by atoms with E-state index in [1.807, 2.05) is 13.0 Å². The molecule has 1 aromatic carbocycles. The Labute approximate surface area is 128 Å². The number of hydrogen-bond donors (Lipinski definition) is 0. The summed E-state index contributed by atoms with van der Waals surface area (Å²) < 4.78 is 5.15. The molecule has 0 N–H and O–H groups in total. The number of esters is 1. The molecular formula is C18H27NO2. The third-order valence-corrected chi connectivity index (χ3v) is 4.21. The van der Waals surface area contributed by atoms with Crippen LogP contribution >= 0.6 is 0 Å². The van der Waals surface area contributed by atoms with Crippen LogP contribution in [0.3, 0.4) is 0 Å². The molecule has 3 heteroatoms. The van der Waals surface area contributed by atoms with Crippen LogP contribution in [0.25, 0.3) is 0 Å². The van der Waals surface area contributed by atoms with Gasteiger partial charge in [0.15, 0.2) is 0 Å². The van der Waals surface area contributed by atoms with Crippen LogP contribution in [0.5, 0.6) is 0 Å². The molecule has 0 radical (unpaired) electrons. The van der Waals surface area contributed by atoms with Gasteiger partial charge in [-0.3, -0.25) is 9.69 Å². The van der Waals surface area contributed by atoms with Gasteiger partial charge in [-0.25, -0.2) is 0 Å². The molecule has 0 bridgehead atoms. The molecule has 0 amide bonds. The standard InChI is InChI=1S/C18H27NO2/c1-2-21-18(20)15-19(14-16-10-6-5-7-11-16)17-12-8-3-4-9-13-17/h5-7,10-11,17H,2-4,8-9,12-15H2,1H3.